The summed E-state index contributed by atoms with van der Waals surface area (Å²) < 4.78 is 13.0. The number of ether oxygens (including phenoxy) is 1. The maximum Gasteiger partial charge on any atom is 2.00 e. The van der Waals surface area contributed by atoms with E-state index in [2.05, 4.69) is 86.9 Å². The molecule has 5 aromatic rings. The van der Waals surface area contributed by atoms with E-state index in [1.807, 2.05) is 48.5 Å². The van der Waals surface area contributed by atoms with E-state index >= 15 is 0 Å². The van der Waals surface area contributed by atoms with E-state index in [1.54, 1.807) is 12.4 Å². The van der Waals surface area contributed by atoms with E-state index in [9.17, 15) is 0 Å². The Morgan fingerprint density at radius 1 is 0.805 bits per heavy atom. The molecule has 0 atom stereocenters. The van der Waals surface area contributed by atoms with Crippen LogP contribution in [0.4, 0.5) is 11.5 Å². The molecular weight excluding hydrogens is 688 g/mol. The summed E-state index contributed by atoms with van der Waals surface area (Å²) >= 11 is 0. The van der Waals surface area contributed by atoms with Crippen LogP contribution < -0.4 is 19.7 Å². The molecule has 1 aliphatic heterocycles. The molecule has 0 bridgehead atoms. The van der Waals surface area contributed by atoms with E-state index in [4.69, 9.17) is 14.4 Å². The number of anilines is 2. The van der Waals surface area contributed by atoms with Gasteiger partial charge >= 0.3 is 28.1 Å². The Labute approximate surface area is 257 Å². The molecule has 0 fully saturated rings. The molecule has 6 rings (SSSR count). The van der Waals surface area contributed by atoms with Crippen LogP contribution in [0, 0.1) is 26.0 Å². The minimum Gasteiger partial charge on any atom is -0.535 e. The van der Waals surface area contributed by atoms with Crippen LogP contribution >= 0.6 is 0 Å². The van der Waals surface area contributed by atoms with Crippen LogP contribution in [0.25, 0.3) is 11.3 Å². The number of hydrogen-bond acceptors (Lipinski definition) is 5. The first-order chi connectivity index (χ1) is 19.3. The maximum absolute atomic E-state index is 6.56. The molecule has 0 saturated carbocycles. The molecule has 0 aliphatic carbocycles. The van der Waals surface area contributed by atoms with Crippen LogP contribution in [0.15, 0.2) is 91.3 Å². The van der Waals surface area contributed by atoms with Crippen molar-refractivity contribution in [2.45, 2.75) is 40.0 Å². The van der Waals surface area contributed by atoms with Crippen molar-refractivity contribution < 1.29 is 30.5 Å². The smallest absolute Gasteiger partial charge is 0.535 e. The van der Waals surface area contributed by atoms with Gasteiger partial charge in [0.05, 0.1) is 0 Å². The van der Waals surface area contributed by atoms with Crippen molar-refractivity contribution in [3.63, 3.8) is 0 Å². The summed E-state index contributed by atoms with van der Waals surface area (Å²) in [6, 6.07) is 33.0. The second kappa shape index (κ2) is 11.5. The van der Waals surface area contributed by atoms with Gasteiger partial charge in [-0.3, -0.25) is 0 Å². The third-order valence-electron chi connectivity index (χ3n) is 7.13. The third kappa shape index (κ3) is 5.80. The van der Waals surface area contributed by atoms with Crippen molar-refractivity contribution in [2.24, 2.45) is 0 Å². The zero-order valence-electron chi connectivity index (χ0n) is 23.7. The van der Waals surface area contributed by atoms with Gasteiger partial charge in [0.25, 0.3) is 0 Å². The predicted molar refractivity (Wildman–Crippen MR) is 161 cm³/mol. The number of pyridine rings is 2. The van der Waals surface area contributed by atoms with Crippen LogP contribution in [0.2, 0.25) is 0 Å². The van der Waals surface area contributed by atoms with Gasteiger partial charge in [-0.2, -0.15) is 0 Å². The number of fused-ring (bicyclic) bond motifs is 1. The molecule has 41 heavy (non-hydrogen) atoms. The first kappa shape index (κ1) is 28.6. The minimum atomic E-state index is -0.385. The summed E-state index contributed by atoms with van der Waals surface area (Å²) in [6.07, 6.45) is 3.57. The molecule has 7 heteroatoms. The molecular formula is C34H30BN3O2Pt. The number of nitrogens with zero attached hydrogens (tertiary/aromatic N) is 3. The van der Waals surface area contributed by atoms with Gasteiger partial charge in [0.2, 0.25) is 0 Å². The van der Waals surface area contributed by atoms with Crippen LogP contribution in [-0.2, 0) is 26.5 Å². The summed E-state index contributed by atoms with van der Waals surface area (Å²) in [5.41, 5.74) is 6.95. The number of benzene rings is 3. The van der Waals surface area contributed by atoms with E-state index in [0.717, 1.165) is 50.7 Å². The number of rotatable bonds is 5. The van der Waals surface area contributed by atoms with E-state index in [0.29, 0.717) is 11.5 Å². The van der Waals surface area contributed by atoms with Crippen molar-refractivity contribution >= 4 is 24.0 Å². The Morgan fingerprint density at radius 3 is 2.29 bits per heavy atom. The summed E-state index contributed by atoms with van der Waals surface area (Å²) in [4.78, 5) is 11.3. The average Bonchev–Trinajstić information content (AvgIpc) is 3.32. The Bertz CT molecular complexity index is 1670. The van der Waals surface area contributed by atoms with Gasteiger partial charge in [-0.1, -0.05) is 74.0 Å². The van der Waals surface area contributed by atoms with Crippen molar-refractivity contribution in [1.82, 2.24) is 9.97 Å². The second-order valence-corrected chi connectivity index (χ2v) is 11.1. The van der Waals surface area contributed by atoms with Gasteiger partial charge in [0.1, 0.15) is 5.75 Å². The fraction of sp³-hybridized carbons (Fsp3) is 0.176. The van der Waals surface area contributed by atoms with Crippen molar-refractivity contribution in [3.8, 4) is 28.5 Å². The third-order valence-corrected chi connectivity index (χ3v) is 7.13. The fourth-order valence-corrected chi connectivity index (χ4v) is 5.03. The first-order valence-corrected chi connectivity index (χ1v) is 13.4. The molecule has 3 heterocycles. The van der Waals surface area contributed by atoms with Gasteiger partial charge in [0.15, 0.2) is 5.82 Å². The Balaban J connectivity index is 0.00000337. The van der Waals surface area contributed by atoms with Crippen LogP contribution in [0.5, 0.6) is 17.2 Å². The van der Waals surface area contributed by atoms with Crippen LogP contribution in [0.1, 0.15) is 37.5 Å². The maximum atomic E-state index is 6.56. The molecule has 5 nitrogen and oxygen atoms in total. The average molecular weight is 719 g/mol. The summed E-state index contributed by atoms with van der Waals surface area (Å²) in [5, 5.41) is 0. The molecule has 206 valence electrons. The van der Waals surface area contributed by atoms with Gasteiger partial charge in [-0.25, -0.2) is 4.98 Å². The molecule has 0 amide bonds. The van der Waals surface area contributed by atoms with Crippen LogP contribution in [0.3, 0.4) is 0 Å². The normalized spacial score (nSPS) is 12.4. The van der Waals surface area contributed by atoms with Crippen LogP contribution in [-0.4, -0.2) is 17.0 Å². The quantitative estimate of drug-likeness (QED) is 0.140. The fourth-order valence-electron chi connectivity index (χ4n) is 5.03. The minimum absolute atomic E-state index is 0. The Hall–Kier alpha value is -3.89. The van der Waals surface area contributed by atoms with Gasteiger partial charge in [0, 0.05) is 23.9 Å². The topological polar surface area (TPSA) is 47.5 Å². The molecule has 0 unspecified atom stereocenters. The second-order valence-electron chi connectivity index (χ2n) is 11.1. The Kier molecular flexibility index (Phi) is 8.06. The molecule has 3 aromatic carbocycles. The SMILES string of the molecule is Cc1cccc(C)c1B1Oc2cccnc2N1c1[c-]c(Oc2[c-]c(-c3ccccn3)ccc2)cc(C(C)(C)C)c1.[Pt+2]. The summed E-state index contributed by atoms with van der Waals surface area (Å²) in [7, 11) is -0.385. The molecule has 0 spiro atoms. The Morgan fingerprint density at radius 2 is 1.56 bits per heavy atom. The predicted octanol–water partition coefficient (Wildman–Crippen LogP) is 7.37. The standard InChI is InChI=1S/C34H30BN3O2.Pt/c1-23-11-8-12-24(2)32(23)35-38(33-31(40-35)16-10-18-37-33)27-20-26(34(3,4)5)21-29(22-27)39-28-14-9-13-25(19-28)30-15-6-7-17-36-30;/h6-18,20-21H,1-5H3;/q-2;+2. The number of aryl methyl sites for hydroxylation is 2. The van der Waals surface area contributed by atoms with Gasteiger partial charge in [-0.15, -0.1) is 47.5 Å². The summed E-state index contributed by atoms with van der Waals surface area (Å²) in [6.45, 7) is 10.8. The molecule has 1 aliphatic rings. The van der Waals surface area contributed by atoms with Crippen molar-refractivity contribution in [2.75, 3.05) is 4.81 Å². The van der Waals surface area contributed by atoms with E-state index in [-0.39, 0.29) is 33.5 Å². The van der Waals surface area contributed by atoms with Crippen molar-refractivity contribution in [3.05, 3.63) is 120 Å². The zero-order chi connectivity index (χ0) is 27.9. The van der Waals surface area contributed by atoms with E-state index in [1.165, 1.54) is 0 Å². The largest absolute Gasteiger partial charge is 2.00 e. The monoisotopic (exact) mass is 718 g/mol. The van der Waals surface area contributed by atoms with Gasteiger partial charge < -0.3 is 19.2 Å². The molecule has 0 saturated heterocycles. The number of aromatic nitrogens is 2. The van der Waals surface area contributed by atoms with Gasteiger partial charge in [-0.05, 0) is 48.6 Å². The van der Waals surface area contributed by atoms with E-state index < -0.39 is 0 Å². The molecule has 2 aromatic heterocycles. The summed E-state index contributed by atoms with van der Waals surface area (Å²) in [5.74, 6) is 2.69. The first-order valence-electron chi connectivity index (χ1n) is 13.4. The molecule has 0 radical (unpaired) electrons. The molecule has 0 N–H and O–H groups in total. The van der Waals surface area contributed by atoms with Crippen molar-refractivity contribution in [1.29, 1.82) is 0 Å². The number of hydrogen-bond donors (Lipinski definition) is 0. The zero-order valence-corrected chi connectivity index (χ0v) is 26.0.